The second-order valence-electron chi connectivity index (χ2n) is 22.5. The number of anilines is 3. The van der Waals surface area contributed by atoms with Gasteiger partial charge in [0.05, 0.1) is 5.41 Å². The number of hydrogen-bond donors (Lipinski definition) is 0. The van der Waals surface area contributed by atoms with Crippen LogP contribution in [0.2, 0.25) is 0 Å². The van der Waals surface area contributed by atoms with E-state index in [0.29, 0.717) is 0 Å². The molecule has 362 valence electrons. The fraction of sp³-hybridized carbons (Fsp3) is 0.123. The van der Waals surface area contributed by atoms with Gasteiger partial charge in [-0.3, -0.25) is 0 Å². The van der Waals surface area contributed by atoms with E-state index in [-0.39, 0.29) is 10.8 Å². The third kappa shape index (κ3) is 7.87. The topological polar surface area (TPSA) is 16.4 Å². The minimum atomic E-state index is -0.664. The van der Waals surface area contributed by atoms with Gasteiger partial charge < -0.3 is 9.32 Å². The van der Waals surface area contributed by atoms with Gasteiger partial charge in [-0.05, 0) is 160 Å². The van der Waals surface area contributed by atoms with Crippen LogP contribution in [0.1, 0.15) is 74.9 Å². The number of furan rings is 1. The summed E-state index contributed by atoms with van der Waals surface area (Å²) in [5.74, 6) is 0. The Bertz CT molecular complexity index is 4060. The van der Waals surface area contributed by atoms with Crippen molar-refractivity contribution in [3.05, 3.63) is 282 Å². The first-order chi connectivity index (χ1) is 36.4. The third-order valence-electron chi connectivity index (χ3n) is 15.9. The van der Waals surface area contributed by atoms with Gasteiger partial charge in [0.25, 0.3) is 0 Å². The Hall–Kier alpha value is -8.72. The summed E-state index contributed by atoms with van der Waals surface area (Å²) in [7, 11) is 0. The normalized spacial score (nSPS) is 13.0. The van der Waals surface area contributed by atoms with Crippen molar-refractivity contribution in [2.24, 2.45) is 0 Å². The highest BCUT2D eigenvalue weighted by Gasteiger charge is 2.47. The van der Waals surface area contributed by atoms with E-state index < -0.39 is 5.41 Å². The van der Waals surface area contributed by atoms with Crippen LogP contribution in [-0.2, 0) is 16.2 Å². The largest absolute Gasteiger partial charge is 0.456 e. The Morgan fingerprint density at radius 1 is 0.320 bits per heavy atom. The molecule has 1 aromatic heterocycles. The van der Waals surface area contributed by atoms with E-state index in [2.05, 4.69) is 283 Å². The summed E-state index contributed by atoms with van der Waals surface area (Å²) in [6.45, 7) is 14.0. The first-order valence-corrected chi connectivity index (χ1v) is 26.4. The molecule has 0 spiro atoms. The van der Waals surface area contributed by atoms with Crippen molar-refractivity contribution in [1.82, 2.24) is 0 Å². The maximum Gasteiger partial charge on any atom is 0.135 e. The molecule has 0 radical (unpaired) electrons. The molecule has 2 heteroatoms. The molecule has 1 heterocycles. The molecule has 0 fully saturated rings. The van der Waals surface area contributed by atoms with Crippen LogP contribution in [0, 0.1) is 0 Å². The SMILES string of the molecule is CC(C)(C)c1cccc(C2(c3cccc(C(C)(C)C)c3)c3ccc(-c4cccc5ccccc45)cc3-c3ccc(N(c4ccc(-c5ccccc5)cc4)c4ccc(-c5ccc6oc7ccccc7c6c5)cc4)cc32)c1. The molecule has 0 saturated carbocycles. The molecule has 1 aliphatic carbocycles. The monoisotopic (exact) mass is 965 g/mol. The molecular formula is C73H59NO. The zero-order valence-electron chi connectivity index (χ0n) is 43.5. The molecule has 13 rings (SSSR count). The Labute approximate surface area is 441 Å². The van der Waals surface area contributed by atoms with E-state index >= 15 is 0 Å². The lowest BCUT2D eigenvalue weighted by Crippen LogP contribution is -2.30. The van der Waals surface area contributed by atoms with Crippen LogP contribution in [0.5, 0.6) is 0 Å². The molecule has 1 aliphatic rings. The second kappa shape index (κ2) is 17.7. The molecule has 0 saturated heterocycles. The summed E-state index contributed by atoms with van der Waals surface area (Å²) >= 11 is 0. The van der Waals surface area contributed by atoms with E-state index in [9.17, 15) is 0 Å². The standard InChI is InChI=1S/C73H59NO/c1-71(2,3)54-21-15-23-56(45-54)73(57-24-16-22-55(46-57)72(4,5)6)67-41-33-53(62-27-14-20-51-19-10-11-25-61(51)62)44-65(67)63-40-39-60(47-68(63)73)74(58-35-29-49(30-36-58)48-17-8-7-9-18-48)59-37-31-50(32-38-59)52-34-42-70-66(43-52)64-26-12-13-28-69(64)75-70/h7-47H,1-6H3. The Balaban J connectivity index is 1.05. The van der Waals surface area contributed by atoms with E-state index in [1.54, 1.807) is 0 Å². The number of para-hydroxylation sites is 1. The number of rotatable bonds is 8. The Kier molecular flexibility index (Phi) is 10.9. The van der Waals surface area contributed by atoms with Crippen molar-refractivity contribution in [3.8, 4) is 44.5 Å². The van der Waals surface area contributed by atoms with Gasteiger partial charge in [0.1, 0.15) is 11.2 Å². The second-order valence-corrected chi connectivity index (χ2v) is 22.5. The van der Waals surface area contributed by atoms with Crippen LogP contribution in [-0.4, -0.2) is 0 Å². The lowest BCUT2D eigenvalue weighted by atomic mass is 9.66. The van der Waals surface area contributed by atoms with E-state index in [1.165, 1.54) is 77.5 Å². The van der Waals surface area contributed by atoms with Crippen LogP contribution in [0.25, 0.3) is 77.2 Å². The van der Waals surface area contributed by atoms with Crippen LogP contribution in [0.4, 0.5) is 17.1 Å². The van der Waals surface area contributed by atoms with Gasteiger partial charge in [-0.25, -0.2) is 0 Å². The first kappa shape index (κ1) is 46.1. The van der Waals surface area contributed by atoms with Crippen LogP contribution >= 0.6 is 0 Å². The third-order valence-corrected chi connectivity index (χ3v) is 15.9. The zero-order valence-corrected chi connectivity index (χ0v) is 43.5. The summed E-state index contributed by atoms with van der Waals surface area (Å²) in [6, 6.07) is 92.6. The quantitative estimate of drug-likeness (QED) is 0.151. The molecule has 2 nitrogen and oxygen atoms in total. The van der Waals surface area contributed by atoms with E-state index in [0.717, 1.165) is 50.1 Å². The molecule has 0 amide bonds. The van der Waals surface area contributed by atoms with E-state index in [4.69, 9.17) is 4.42 Å². The average molecular weight is 966 g/mol. The van der Waals surface area contributed by atoms with Gasteiger partial charge >= 0.3 is 0 Å². The van der Waals surface area contributed by atoms with Gasteiger partial charge in [-0.2, -0.15) is 0 Å². The number of nitrogens with zero attached hydrogens (tertiary/aromatic N) is 1. The lowest BCUT2D eigenvalue weighted by Gasteiger charge is -2.37. The van der Waals surface area contributed by atoms with Crippen molar-refractivity contribution in [2.45, 2.75) is 57.8 Å². The summed E-state index contributed by atoms with van der Waals surface area (Å²) in [6.07, 6.45) is 0. The van der Waals surface area contributed by atoms with Gasteiger partial charge in [0.15, 0.2) is 0 Å². The van der Waals surface area contributed by atoms with Crippen molar-refractivity contribution >= 4 is 49.8 Å². The predicted octanol–water partition coefficient (Wildman–Crippen LogP) is 20.2. The van der Waals surface area contributed by atoms with Crippen LogP contribution in [0.15, 0.2) is 253 Å². The first-order valence-electron chi connectivity index (χ1n) is 26.4. The van der Waals surface area contributed by atoms with Gasteiger partial charge in [-0.1, -0.05) is 230 Å². The predicted molar refractivity (Wildman–Crippen MR) is 317 cm³/mol. The Morgan fingerprint density at radius 3 is 1.53 bits per heavy atom. The van der Waals surface area contributed by atoms with E-state index in [1.807, 2.05) is 12.1 Å². The number of fused-ring (bicyclic) bond motifs is 7. The smallest absolute Gasteiger partial charge is 0.135 e. The molecule has 11 aromatic carbocycles. The Morgan fingerprint density at radius 2 is 0.853 bits per heavy atom. The van der Waals surface area contributed by atoms with Crippen LogP contribution < -0.4 is 4.90 Å². The maximum absolute atomic E-state index is 6.23. The van der Waals surface area contributed by atoms with Gasteiger partial charge in [0.2, 0.25) is 0 Å². The highest BCUT2D eigenvalue weighted by molar-refractivity contribution is 6.06. The summed E-state index contributed by atoms with van der Waals surface area (Å²) in [5.41, 5.74) is 21.6. The van der Waals surface area contributed by atoms with Crippen LogP contribution in [0.3, 0.4) is 0 Å². The molecule has 0 bridgehead atoms. The molecule has 0 atom stereocenters. The molecular weight excluding hydrogens is 907 g/mol. The molecule has 0 unspecified atom stereocenters. The lowest BCUT2D eigenvalue weighted by molar-refractivity contribution is 0.585. The van der Waals surface area contributed by atoms with Crippen molar-refractivity contribution in [1.29, 1.82) is 0 Å². The summed E-state index contributed by atoms with van der Waals surface area (Å²) < 4.78 is 6.23. The van der Waals surface area contributed by atoms with Crippen molar-refractivity contribution < 1.29 is 4.42 Å². The minimum Gasteiger partial charge on any atom is -0.456 e. The van der Waals surface area contributed by atoms with Gasteiger partial charge in [-0.15, -0.1) is 0 Å². The van der Waals surface area contributed by atoms with Crippen molar-refractivity contribution in [3.63, 3.8) is 0 Å². The zero-order chi connectivity index (χ0) is 51.1. The summed E-state index contributed by atoms with van der Waals surface area (Å²) in [5, 5.41) is 4.75. The molecule has 75 heavy (non-hydrogen) atoms. The molecule has 0 aliphatic heterocycles. The highest BCUT2D eigenvalue weighted by Crippen LogP contribution is 2.59. The molecule has 12 aromatic rings. The van der Waals surface area contributed by atoms with Gasteiger partial charge in [0, 0.05) is 27.8 Å². The number of benzene rings is 11. The fourth-order valence-electron chi connectivity index (χ4n) is 11.9. The van der Waals surface area contributed by atoms with Crippen molar-refractivity contribution in [2.75, 3.05) is 4.90 Å². The maximum atomic E-state index is 6.23. The summed E-state index contributed by atoms with van der Waals surface area (Å²) in [4.78, 5) is 2.44. The molecule has 0 N–H and O–H groups in total. The highest BCUT2D eigenvalue weighted by atomic mass is 16.3. The minimum absolute atomic E-state index is 0.0677. The average Bonchev–Trinajstić information content (AvgIpc) is 4.12. The fourth-order valence-corrected chi connectivity index (χ4v) is 11.9. The number of hydrogen-bond acceptors (Lipinski definition) is 2.